The van der Waals surface area contributed by atoms with Crippen molar-refractivity contribution in [3.63, 3.8) is 0 Å². The Morgan fingerprint density at radius 1 is 1.05 bits per heavy atom. The van der Waals surface area contributed by atoms with Crippen molar-refractivity contribution in [1.82, 2.24) is 10.2 Å². The van der Waals surface area contributed by atoms with E-state index in [-0.39, 0.29) is 17.8 Å². The highest BCUT2D eigenvalue weighted by atomic mass is 16.5. The Balaban J connectivity index is 1.34. The normalized spacial score (nSPS) is 18.6. The van der Waals surface area contributed by atoms with Crippen LogP contribution in [0.2, 0.25) is 0 Å². The van der Waals surface area contributed by atoms with Crippen LogP contribution >= 0.6 is 0 Å². The molecule has 2 saturated heterocycles. The first-order valence-corrected chi connectivity index (χ1v) is 13.5. The summed E-state index contributed by atoms with van der Waals surface area (Å²) in [6, 6.07) is 16.1. The Bertz CT molecular complexity index is 1060. The van der Waals surface area contributed by atoms with Crippen molar-refractivity contribution in [3.8, 4) is 5.75 Å². The second-order valence-corrected chi connectivity index (χ2v) is 10.9. The number of amides is 1. The van der Waals surface area contributed by atoms with E-state index in [1.165, 1.54) is 5.56 Å². The third-order valence-corrected chi connectivity index (χ3v) is 7.26. The molecule has 37 heavy (non-hydrogen) atoms. The number of piperidine rings is 1. The summed E-state index contributed by atoms with van der Waals surface area (Å²) in [4.78, 5) is 30.0. The minimum atomic E-state index is -0.961. The summed E-state index contributed by atoms with van der Waals surface area (Å²) in [6.07, 6.45) is 1.74. The number of hydrogen-bond acceptors (Lipinski definition) is 6. The Kier molecular flexibility index (Phi) is 8.75. The first-order chi connectivity index (χ1) is 17.7. The van der Waals surface area contributed by atoms with Gasteiger partial charge in [-0.3, -0.25) is 9.59 Å². The van der Waals surface area contributed by atoms with Gasteiger partial charge in [-0.2, -0.15) is 0 Å². The molecule has 1 atom stereocenters. The summed E-state index contributed by atoms with van der Waals surface area (Å²) < 4.78 is 11.9. The van der Waals surface area contributed by atoms with Crippen LogP contribution in [0.3, 0.4) is 0 Å². The standard InChI is InChI=1S/C30H41N3O4/c1-22(2)24-12-10-23(11-13-24)21-36-28(34)25-7-6-16-33(20-25)26-8-5-9-27(19-26)37-30(3,4)29(35)32-17-14-31-15-18-32/h5,8-13,19,22,25,31H,6-7,14-18,20-21H2,1-4H3. The highest BCUT2D eigenvalue weighted by Crippen LogP contribution is 2.29. The lowest BCUT2D eigenvalue weighted by Crippen LogP contribution is -2.54. The summed E-state index contributed by atoms with van der Waals surface area (Å²) >= 11 is 0. The molecule has 200 valence electrons. The number of rotatable bonds is 8. The summed E-state index contributed by atoms with van der Waals surface area (Å²) in [5.41, 5.74) is 2.32. The van der Waals surface area contributed by atoms with Crippen LogP contribution in [0, 0.1) is 5.92 Å². The van der Waals surface area contributed by atoms with Gasteiger partial charge in [0.15, 0.2) is 5.60 Å². The van der Waals surface area contributed by atoms with Gasteiger partial charge >= 0.3 is 5.97 Å². The van der Waals surface area contributed by atoms with Crippen molar-refractivity contribution in [2.24, 2.45) is 5.92 Å². The number of nitrogens with zero attached hydrogens (tertiary/aromatic N) is 2. The predicted molar refractivity (Wildman–Crippen MR) is 146 cm³/mol. The zero-order chi connectivity index (χ0) is 26.4. The second kappa shape index (κ2) is 12.0. The molecule has 1 unspecified atom stereocenters. The molecular weight excluding hydrogens is 466 g/mol. The average Bonchev–Trinajstić information content (AvgIpc) is 2.92. The number of carbonyl (C=O) groups excluding carboxylic acids is 2. The molecule has 4 rings (SSSR count). The van der Waals surface area contributed by atoms with Gasteiger partial charge in [-0.05, 0) is 55.9 Å². The van der Waals surface area contributed by atoms with Crippen LogP contribution in [0.5, 0.6) is 5.75 Å². The molecule has 7 nitrogen and oxygen atoms in total. The van der Waals surface area contributed by atoms with Crippen molar-refractivity contribution < 1.29 is 19.1 Å². The van der Waals surface area contributed by atoms with Crippen molar-refractivity contribution in [3.05, 3.63) is 59.7 Å². The van der Waals surface area contributed by atoms with Gasteiger partial charge in [-0.15, -0.1) is 0 Å². The van der Waals surface area contributed by atoms with E-state index in [2.05, 4.69) is 36.2 Å². The van der Waals surface area contributed by atoms with Crippen LogP contribution in [-0.2, 0) is 20.9 Å². The molecule has 0 aromatic heterocycles. The molecule has 0 spiro atoms. The molecule has 1 amide bonds. The Hall–Kier alpha value is -3.06. The van der Waals surface area contributed by atoms with Crippen LogP contribution < -0.4 is 15.0 Å². The molecule has 0 saturated carbocycles. The Morgan fingerprint density at radius 3 is 2.49 bits per heavy atom. The molecule has 0 radical (unpaired) electrons. The molecular formula is C30H41N3O4. The molecule has 2 aliphatic heterocycles. The van der Waals surface area contributed by atoms with Gasteiger partial charge in [-0.1, -0.05) is 44.2 Å². The van der Waals surface area contributed by atoms with Crippen LogP contribution in [0.15, 0.2) is 48.5 Å². The van der Waals surface area contributed by atoms with Gasteiger partial charge in [-0.25, -0.2) is 0 Å². The molecule has 2 aliphatic rings. The molecule has 2 fully saturated rings. The maximum atomic E-state index is 13.1. The van der Waals surface area contributed by atoms with Gasteiger partial charge in [0.1, 0.15) is 12.4 Å². The lowest BCUT2D eigenvalue weighted by atomic mass is 9.97. The third-order valence-electron chi connectivity index (χ3n) is 7.26. The fourth-order valence-electron chi connectivity index (χ4n) is 5.01. The van der Waals surface area contributed by atoms with Crippen LogP contribution in [0.4, 0.5) is 5.69 Å². The highest BCUT2D eigenvalue weighted by molar-refractivity contribution is 5.85. The van der Waals surface area contributed by atoms with E-state index in [4.69, 9.17) is 9.47 Å². The number of hydrogen-bond donors (Lipinski definition) is 1. The monoisotopic (exact) mass is 507 g/mol. The first kappa shape index (κ1) is 27.0. The lowest BCUT2D eigenvalue weighted by molar-refractivity contribution is -0.150. The quantitative estimate of drug-likeness (QED) is 0.536. The topological polar surface area (TPSA) is 71.1 Å². The van der Waals surface area contributed by atoms with Crippen molar-refractivity contribution in [2.75, 3.05) is 44.2 Å². The highest BCUT2D eigenvalue weighted by Gasteiger charge is 2.35. The number of nitrogens with one attached hydrogen (secondary N) is 1. The first-order valence-electron chi connectivity index (χ1n) is 13.5. The number of esters is 1. The van der Waals surface area contributed by atoms with Crippen LogP contribution in [0.25, 0.3) is 0 Å². The maximum absolute atomic E-state index is 13.1. The van der Waals surface area contributed by atoms with Crippen LogP contribution in [-0.4, -0.2) is 61.6 Å². The van der Waals surface area contributed by atoms with Gasteiger partial charge in [0.25, 0.3) is 5.91 Å². The molecule has 2 aromatic carbocycles. The molecule has 2 aromatic rings. The number of carbonyl (C=O) groups is 2. The summed E-state index contributed by atoms with van der Waals surface area (Å²) in [7, 11) is 0. The minimum Gasteiger partial charge on any atom is -0.478 e. The van der Waals surface area contributed by atoms with Gasteiger partial charge in [0, 0.05) is 51.0 Å². The molecule has 0 bridgehead atoms. The largest absolute Gasteiger partial charge is 0.478 e. The molecule has 1 N–H and O–H groups in total. The lowest BCUT2D eigenvalue weighted by Gasteiger charge is -2.35. The van der Waals surface area contributed by atoms with E-state index in [0.717, 1.165) is 43.7 Å². The SMILES string of the molecule is CC(C)c1ccc(COC(=O)C2CCCN(c3cccc(OC(C)(C)C(=O)N4CCNCC4)c3)C2)cc1. The fourth-order valence-corrected chi connectivity index (χ4v) is 5.01. The maximum Gasteiger partial charge on any atom is 0.311 e. The predicted octanol–water partition coefficient (Wildman–Crippen LogP) is 4.36. The van der Waals surface area contributed by atoms with E-state index in [1.54, 1.807) is 0 Å². The van der Waals surface area contributed by atoms with Crippen molar-refractivity contribution in [1.29, 1.82) is 0 Å². The molecule has 0 aliphatic carbocycles. The van der Waals surface area contributed by atoms with Crippen molar-refractivity contribution in [2.45, 2.75) is 58.7 Å². The van der Waals surface area contributed by atoms with E-state index < -0.39 is 5.60 Å². The number of anilines is 1. The third kappa shape index (κ3) is 7.04. The summed E-state index contributed by atoms with van der Waals surface area (Å²) in [5, 5.41) is 3.27. The van der Waals surface area contributed by atoms with Crippen LogP contribution in [0.1, 0.15) is 57.6 Å². The van der Waals surface area contributed by atoms with E-state index in [0.29, 0.717) is 37.9 Å². The van der Waals surface area contributed by atoms with E-state index >= 15 is 0 Å². The number of ether oxygens (including phenoxy) is 2. The minimum absolute atomic E-state index is 0.000897. The van der Waals surface area contributed by atoms with Gasteiger partial charge in [0.2, 0.25) is 0 Å². The molecule has 2 heterocycles. The van der Waals surface area contributed by atoms with E-state index in [9.17, 15) is 9.59 Å². The van der Waals surface area contributed by atoms with Gasteiger partial charge in [0.05, 0.1) is 5.92 Å². The van der Waals surface area contributed by atoms with Gasteiger partial charge < -0.3 is 24.6 Å². The number of benzene rings is 2. The molecule has 7 heteroatoms. The zero-order valence-corrected chi connectivity index (χ0v) is 22.7. The second-order valence-electron chi connectivity index (χ2n) is 10.9. The van der Waals surface area contributed by atoms with Crippen molar-refractivity contribution >= 4 is 17.6 Å². The Labute approximate surface area is 221 Å². The Morgan fingerprint density at radius 2 is 1.78 bits per heavy atom. The smallest absolute Gasteiger partial charge is 0.311 e. The average molecular weight is 508 g/mol. The number of piperazine rings is 1. The fraction of sp³-hybridized carbons (Fsp3) is 0.533. The zero-order valence-electron chi connectivity index (χ0n) is 22.7. The summed E-state index contributed by atoms with van der Waals surface area (Å²) in [6.45, 7) is 12.8. The summed E-state index contributed by atoms with van der Waals surface area (Å²) in [5.74, 6) is 0.818. The van der Waals surface area contributed by atoms with E-state index in [1.807, 2.05) is 55.1 Å².